The van der Waals surface area contributed by atoms with E-state index in [9.17, 15) is 29.4 Å². The lowest BCUT2D eigenvalue weighted by Gasteiger charge is -2.27. The summed E-state index contributed by atoms with van der Waals surface area (Å²) in [6.07, 6.45) is -2.75. The number of carbonyl (C=O) groups excluding carboxylic acids is 3. The number of carboxylic acids is 1. The number of hydrogen-bond acceptors (Lipinski definition) is 8. The van der Waals surface area contributed by atoms with Crippen LogP contribution in [0.4, 0.5) is 0 Å². The Bertz CT molecular complexity index is 541. The molecule has 0 saturated heterocycles. The molecule has 0 bridgehead atoms. The van der Waals surface area contributed by atoms with Gasteiger partial charge in [-0.1, -0.05) is 25.6 Å². The monoisotopic (exact) mass is 422 g/mol. The Morgan fingerprint density at radius 2 is 1.68 bits per heavy atom. The van der Waals surface area contributed by atoms with E-state index in [0.717, 1.165) is 11.8 Å². The second kappa shape index (κ2) is 13.5. The van der Waals surface area contributed by atoms with E-state index >= 15 is 0 Å². The Morgan fingerprint density at radius 3 is 2.25 bits per heavy atom. The second-order valence-corrected chi connectivity index (χ2v) is 8.10. The molecular formula is C17H30N2O8S. The molecule has 0 saturated carbocycles. The molecule has 28 heavy (non-hydrogen) atoms. The molecule has 10 nitrogen and oxygen atoms in total. The molecular weight excluding hydrogens is 392 g/mol. The van der Waals surface area contributed by atoms with Crippen molar-refractivity contribution in [3.63, 3.8) is 0 Å². The molecule has 0 rings (SSSR count). The topological polar surface area (TPSA) is 173 Å². The van der Waals surface area contributed by atoms with E-state index in [-0.39, 0.29) is 56.4 Å². The van der Waals surface area contributed by atoms with Gasteiger partial charge in [-0.15, -0.1) is 0 Å². The Kier molecular flexibility index (Phi) is 12.7. The van der Waals surface area contributed by atoms with Crippen molar-refractivity contribution in [3.8, 4) is 0 Å². The molecule has 0 aromatic heterocycles. The van der Waals surface area contributed by atoms with Crippen molar-refractivity contribution in [3.05, 3.63) is 0 Å². The van der Waals surface area contributed by atoms with E-state index < -0.39 is 29.5 Å². The quantitative estimate of drug-likeness (QED) is 0.189. The molecule has 0 aliphatic heterocycles. The van der Waals surface area contributed by atoms with Gasteiger partial charge in [0, 0.05) is 43.5 Å². The lowest BCUT2D eigenvalue weighted by Crippen LogP contribution is -2.46. The van der Waals surface area contributed by atoms with Gasteiger partial charge in [0.2, 0.25) is 11.8 Å². The third kappa shape index (κ3) is 11.9. The Labute approximate surface area is 168 Å². The minimum atomic E-state index is -1.39. The standard InChI is InChI=1S/C17H30N2O8S/c1-17(2,10-20)15(26)16(27)19-6-5-12(22)18-7-8-28-14(25)9-11(21)3-4-13(23)24/h11,15,20-21,26H,3-10H2,1-2H3,(H,18,22)(H,19,27)(H,23,24)/t11?,15-/m0/s1. The number of hydrogen-bond donors (Lipinski definition) is 6. The van der Waals surface area contributed by atoms with Gasteiger partial charge in [0.25, 0.3) is 0 Å². The SMILES string of the molecule is CC(C)(CO)[C@@H](O)C(=O)NCCC(=O)NCCSC(=O)CC(O)CCC(=O)O. The molecule has 0 aromatic rings. The predicted molar refractivity (Wildman–Crippen MR) is 102 cm³/mol. The largest absolute Gasteiger partial charge is 0.481 e. The summed E-state index contributed by atoms with van der Waals surface area (Å²) in [6, 6.07) is 0. The van der Waals surface area contributed by atoms with Gasteiger partial charge in [-0.25, -0.2) is 0 Å². The molecule has 6 N–H and O–H groups in total. The number of thioether (sulfide) groups is 1. The highest BCUT2D eigenvalue weighted by Crippen LogP contribution is 2.19. The third-order valence-corrected chi connectivity index (χ3v) is 4.73. The van der Waals surface area contributed by atoms with Gasteiger partial charge in [0.05, 0.1) is 12.7 Å². The van der Waals surface area contributed by atoms with Crippen LogP contribution in [0.15, 0.2) is 0 Å². The molecule has 11 heteroatoms. The van der Waals surface area contributed by atoms with E-state index in [2.05, 4.69) is 10.6 Å². The van der Waals surface area contributed by atoms with Gasteiger partial charge in [-0.2, -0.15) is 0 Å². The molecule has 0 aromatic carbocycles. The minimum Gasteiger partial charge on any atom is -0.481 e. The highest BCUT2D eigenvalue weighted by atomic mass is 32.2. The van der Waals surface area contributed by atoms with E-state index in [4.69, 9.17) is 10.2 Å². The number of nitrogens with one attached hydrogen (secondary N) is 2. The minimum absolute atomic E-state index is 0.00821. The molecule has 0 fully saturated rings. The Hall–Kier alpha value is -1.69. The number of rotatable bonds is 14. The molecule has 0 aliphatic carbocycles. The van der Waals surface area contributed by atoms with Crippen molar-refractivity contribution >= 4 is 34.7 Å². The van der Waals surface area contributed by atoms with Gasteiger partial charge in [-0.3, -0.25) is 19.2 Å². The summed E-state index contributed by atoms with van der Waals surface area (Å²) in [5, 5.41) is 41.6. The summed E-state index contributed by atoms with van der Waals surface area (Å²) >= 11 is 0.931. The van der Waals surface area contributed by atoms with Crippen LogP contribution in [0.3, 0.4) is 0 Å². The molecule has 2 amide bonds. The first-order chi connectivity index (χ1) is 13.0. The smallest absolute Gasteiger partial charge is 0.303 e. The highest BCUT2D eigenvalue weighted by molar-refractivity contribution is 8.13. The molecule has 1 unspecified atom stereocenters. The van der Waals surface area contributed by atoms with E-state index in [0.29, 0.717) is 5.75 Å². The summed E-state index contributed by atoms with van der Waals surface area (Å²) < 4.78 is 0. The lowest BCUT2D eigenvalue weighted by atomic mass is 9.87. The van der Waals surface area contributed by atoms with Crippen LogP contribution in [0.25, 0.3) is 0 Å². The molecule has 2 atom stereocenters. The number of amides is 2. The number of aliphatic hydroxyl groups is 3. The van der Waals surface area contributed by atoms with E-state index in [1.165, 1.54) is 13.8 Å². The van der Waals surface area contributed by atoms with Crippen LogP contribution in [0.1, 0.15) is 39.5 Å². The van der Waals surface area contributed by atoms with Crippen molar-refractivity contribution in [1.29, 1.82) is 0 Å². The van der Waals surface area contributed by atoms with Crippen LogP contribution in [0.5, 0.6) is 0 Å². The van der Waals surface area contributed by atoms with Crippen LogP contribution in [-0.2, 0) is 19.2 Å². The highest BCUT2D eigenvalue weighted by Gasteiger charge is 2.32. The zero-order valence-corrected chi connectivity index (χ0v) is 17.0. The van der Waals surface area contributed by atoms with Gasteiger partial charge >= 0.3 is 5.97 Å². The normalized spacial score (nSPS) is 13.5. The number of carbonyl (C=O) groups is 4. The maximum atomic E-state index is 11.7. The van der Waals surface area contributed by atoms with E-state index in [1.807, 2.05) is 0 Å². The fourth-order valence-electron chi connectivity index (χ4n) is 1.92. The molecule has 0 radical (unpaired) electrons. The van der Waals surface area contributed by atoms with Crippen molar-refractivity contribution in [2.45, 2.75) is 51.7 Å². The van der Waals surface area contributed by atoms with Crippen LogP contribution in [0.2, 0.25) is 0 Å². The molecule has 0 aliphatic rings. The van der Waals surface area contributed by atoms with Gasteiger partial charge in [-0.05, 0) is 6.42 Å². The first-order valence-corrected chi connectivity index (χ1v) is 9.87. The van der Waals surface area contributed by atoms with Crippen LogP contribution >= 0.6 is 11.8 Å². The average Bonchev–Trinajstić information content (AvgIpc) is 2.62. The lowest BCUT2D eigenvalue weighted by molar-refractivity contribution is -0.138. The second-order valence-electron chi connectivity index (χ2n) is 6.95. The summed E-state index contributed by atoms with van der Waals surface area (Å²) in [4.78, 5) is 45.4. The average molecular weight is 423 g/mol. The van der Waals surface area contributed by atoms with Crippen LogP contribution in [0, 0.1) is 5.41 Å². The van der Waals surface area contributed by atoms with Gasteiger partial charge < -0.3 is 31.1 Å². The number of aliphatic hydroxyl groups excluding tert-OH is 3. The van der Waals surface area contributed by atoms with Crippen LogP contribution < -0.4 is 10.6 Å². The van der Waals surface area contributed by atoms with Crippen LogP contribution in [-0.4, -0.2) is 81.0 Å². The number of aliphatic carboxylic acids is 1. The Balaban J connectivity index is 3.87. The van der Waals surface area contributed by atoms with Crippen molar-refractivity contribution in [1.82, 2.24) is 10.6 Å². The molecule has 0 spiro atoms. The summed E-state index contributed by atoms with van der Waals surface area (Å²) in [5.41, 5.74) is -0.989. The maximum Gasteiger partial charge on any atom is 0.303 e. The van der Waals surface area contributed by atoms with Gasteiger partial charge in [0.1, 0.15) is 6.10 Å². The summed E-state index contributed by atoms with van der Waals surface area (Å²) in [5.74, 6) is -1.75. The fraction of sp³-hybridized carbons (Fsp3) is 0.765. The van der Waals surface area contributed by atoms with Crippen molar-refractivity contribution in [2.75, 3.05) is 25.4 Å². The maximum absolute atomic E-state index is 11.7. The molecule has 162 valence electrons. The van der Waals surface area contributed by atoms with Gasteiger partial charge in [0.15, 0.2) is 5.12 Å². The summed E-state index contributed by atoms with van der Waals surface area (Å²) in [7, 11) is 0. The Morgan fingerprint density at radius 1 is 1.04 bits per heavy atom. The number of carboxylic acid groups (broad SMARTS) is 1. The van der Waals surface area contributed by atoms with Crippen molar-refractivity contribution in [2.24, 2.45) is 5.41 Å². The zero-order valence-electron chi connectivity index (χ0n) is 16.1. The first kappa shape index (κ1) is 26.3. The fourth-order valence-corrected chi connectivity index (χ4v) is 2.67. The van der Waals surface area contributed by atoms with E-state index in [1.54, 1.807) is 0 Å². The molecule has 0 heterocycles. The third-order valence-electron chi connectivity index (χ3n) is 3.83. The first-order valence-electron chi connectivity index (χ1n) is 8.88. The zero-order chi connectivity index (χ0) is 21.7. The van der Waals surface area contributed by atoms with Crippen molar-refractivity contribution < 1.29 is 39.6 Å². The predicted octanol–water partition coefficient (Wildman–Crippen LogP) is -1.14. The summed E-state index contributed by atoms with van der Waals surface area (Å²) in [6.45, 7) is 2.94.